The molecule has 84 valence electrons. The van der Waals surface area contributed by atoms with Crippen molar-refractivity contribution in [3.05, 3.63) is 36.4 Å². The van der Waals surface area contributed by atoms with Crippen LogP contribution in [-0.4, -0.2) is 17.7 Å². The van der Waals surface area contributed by atoms with Crippen LogP contribution < -0.4 is 5.73 Å². The van der Waals surface area contributed by atoms with Crippen LogP contribution in [0.25, 0.3) is 11.1 Å². The second-order valence-electron chi connectivity index (χ2n) is 3.36. The van der Waals surface area contributed by atoms with E-state index in [0.29, 0.717) is 11.4 Å². The molecule has 0 spiro atoms. The predicted octanol–water partition coefficient (Wildman–Crippen LogP) is 1.08. The Morgan fingerprint density at radius 2 is 2.25 bits per heavy atom. The lowest BCUT2D eigenvalue weighted by atomic mass is 10.1. The average Bonchev–Trinajstić information content (AvgIpc) is 2.60. The van der Waals surface area contributed by atoms with E-state index in [0.717, 1.165) is 11.1 Å². The summed E-state index contributed by atoms with van der Waals surface area (Å²) in [6, 6.07) is 3.48. The highest BCUT2D eigenvalue weighted by Crippen LogP contribution is 2.25. The lowest BCUT2D eigenvalue weighted by molar-refractivity contribution is 0.527. The molecule has 0 saturated carbocycles. The number of nitrogens with zero attached hydrogens (tertiary/aromatic N) is 2. The number of nitrogen functional groups attached to an aromatic ring is 1. The Hall–Kier alpha value is -1.66. The van der Waals surface area contributed by atoms with Gasteiger partial charge in [0.1, 0.15) is 0 Å². The second-order valence-corrected chi connectivity index (χ2v) is 4.19. The molecule has 2 heterocycles. The molecule has 2 rings (SSSR count). The van der Waals surface area contributed by atoms with Crippen LogP contribution in [0.3, 0.4) is 0 Å². The maximum atomic E-state index is 10.9. The minimum absolute atomic E-state index is 0.549. The van der Waals surface area contributed by atoms with Crippen molar-refractivity contribution in [1.82, 2.24) is 8.96 Å². The van der Waals surface area contributed by atoms with E-state index >= 15 is 0 Å². The zero-order chi connectivity index (χ0) is 11.7. The van der Waals surface area contributed by atoms with Crippen LogP contribution >= 0.6 is 0 Å². The zero-order valence-electron chi connectivity index (χ0n) is 8.58. The van der Waals surface area contributed by atoms with Crippen molar-refractivity contribution in [2.45, 2.75) is 6.92 Å². The molecule has 0 amide bonds. The summed E-state index contributed by atoms with van der Waals surface area (Å²) in [4.78, 5) is 3.97. The summed E-state index contributed by atoms with van der Waals surface area (Å²) in [5.41, 5.74) is 8.43. The molecule has 0 fully saturated rings. The first-order chi connectivity index (χ1) is 7.59. The van der Waals surface area contributed by atoms with E-state index in [1.54, 1.807) is 31.5 Å². The number of hydrogen-bond donors (Lipinski definition) is 1. The van der Waals surface area contributed by atoms with Gasteiger partial charge in [0.25, 0.3) is 0 Å². The van der Waals surface area contributed by atoms with Crippen LogP contribution in [0.2, 0.25) is 0 Å². The molecule has 2 aromatic heterocycles. The van der Waals surface area contributed by atoms with E-state index < -0.39 is 11.3 Å². The van der Waals surface area contributed by atoms with Crippen LogP contribution in [0.5, 0.6) is 0 Å². The van der Waals surface area contributed by atoms with Gasteiger partial charge in [0.15, 0.2) is 0 Å². The highest BCUT2D eigenvalue weighted by molar-refractivity contribution is 7.77. The first kappa shape index (κ1) is 10.8. The molecular formula is C10H10N3O2S-. The predicted molar refractivity (Wildman–Crippen MR) is 61.1 cm³/mol. The van der Waals surface area contributed by atoms with E-state index in [2.05, 4.69) is 4.98 Å². The normalized spacial score (nSPS) is 12.6. The van der Waals surface area contributed by atoms with E-state index in [4.69, 9.17) is 5.73 Å². The Morgan fingerprint density at radius 1 is 1.50 bits per heavy atom. The van der Waals surface area contributed by atoms with Crippen molar-refractivity contribution in [3.8, 4) is 11.1 Å². The van der Waals surface area contributed by atoms with Gasteiger partial charge in [0, 0.05) is 35.4 Å². The quantitative estimate of drug-likeness (QED) is 0.791. The molecule has 2 aromatic rings. The molecule has 0 aromatic carbocycles. The van der Waals surface area contributed by atoms with Crippen molar-refractivity contribution in [2.24, 2.45) is 0 Å². The molecule has 0 bridgehead atoms. The third kappa shape index (κ3) is 1.84. The van der Waals surface area contributed by atoms with Gasteiger partial charge >= 0.3 is 0 Å². The van der Waals surface area contributed by atoms with E-state index in [9.17, 15) is 8.76 Å². The molecule has 2 N–H and O–H groups in total. The van der Waals surface area contributed by atoms with Crippen LogP contribution in [0.4, 0.5) is 5.69 Å². The Balaban J connectivity index is 2.53. The molecule has 16 heavy (non-hydrogen) atoms. The third-order valence-corrected chi connectivity index (χ3v) is 3.04. The minimum Gasteiger partial charge on any atom is -0.755 e. The number of rotatable bonds is 2. The maximum Gasteiger partial charge on any atom is 0.0514 e. The average molecular weight is 236 g/mol. The molecule has 6 heteroatoms. The summed E-state index contributed by atoms with van der Waals surface area (Å²) < 4.78 is 22.9. The zero-order valence-corrected chi connectivity index (χ0v) is 9.40. The van der Waals surface area contributed by atoms with Crippen LogP contribution in [0, 0.1) is 6.92 Å². The number of aromatic nitrogens is 2. The van der Waals surface area contributed by atoms with Crippen molar-refractivity contribution in [1.29, 1.82) is 0 Å². The van der Waals surface area contributed by atoms with Crippen molar-refractivity contribution in [3.63, 3.8) is 0 Å². The number of hydrogen-bond acceptors (Lipinski definition) is 4. The van der Waals surface area contributed by atoms with E-state index in [1.165, 1.54) is 10.2 Å². The Kier molecular flexibility index (Phi) is 2.76. The molecule has 5 nitrogen and oxygen atoms in total. The van der Waals surface area contributed by atoms with Gasteiger partial charge in [-0.1, -0.05) is 0 Å². The van der Waals surface area contributed by atoms with Gasteiger partial charge in [-0.15, -0.1) is 0 Å². The lowest BCUT2D eigenvalue weighted by Crippen LogP contribution is -2.03. The first-order valence-electron chi connectivity index (χ1n) is 4.58. The number of pyridine rings is 1. The summed E-state index contributed by atoms with van der Waals surface area (Å²) in [6.45, 7) is 1.73. The number of nitrogens with two attached hydrogens (primary N) is 1. The summed E-state index contributed by atoms with van der Waals surface area (Å²) in [6.07, 6.45) is 4.69. The molecule has 0 radical (unpaired) electrons. The standard InChI is InChI=1S/C10H11N3O2S/c1-7-10(2-3-13(7)16(14)15)8-4-9(11)6-12-5-8/h2-6H,11H2,1H3,(H,14,15)/p-1. The van der Waals surface area contributed by atoms with Crippen LogP contribution in [0.15, 0.2) is 30.7 Å². The molecule has 0 aliphatic heterocycles. The molecule has 0 aliphatic carbocycles. The monoisotopic (exact) mass is 236 g/mol. The minimum atomic E-state index is -2.28. The van der Waals surface area contributed by atoms with Crippen molar-refractivity contribution < 1.29 is 8.76 Å². The van der Waals surface area contributed by atoms with Crippen LogP contribution in [0.1, 0.15) is 5.69 Å². The van der Waals surface area contributed by atoms with Gasteiger partial charge in [-0.2, -0.15) is 0 Å². The van der Waals surface area contributed by atoms with Gasteiger partial charge in [-0.25, -0.2) is 0 Å². The van der Waals surface area contributed by atoms with Crippen molar-refractivity contribution in [2.75, 3.05) is 5.73 Å². The van der Waals surface area contributed by atoms with E-state index in [1.807, 2.05) is 0 Å². The fourth-order valence-electron chi connectivity index (χ4n) is 1.56. The Morgan fingerprint density at radius 3 is 2.81 bits per heavy atom. The fourth-order valence-corrected chi connectivity index (χ4v) is 2.05. The Bertz CT molecular complexity index is 551. The summed E-state index contributed by atoms with van der Waals surface area (Å²) >= 11 is -2.28. The van der Waals surface area contributed by atoms with E-state index in [-0.39, 0.29) is 0 Å². The topological polar surface area (TPSA) is 84.0 Å². The largest absolute Gasteiger partial charge is 0.755 e. The van der Waals surface area contributed by atoms with Gasteiger partial charge in [-0.3, -0.25) is 13.2 Å². The molecular weight excluding hydrogens is 226 g/mol. The van der Waals surface area contributed by atoms with Crippen LogP contribution in [-0.2, 0) is 11.3 Å². The molecule has 1 unspecified atom stereocenters. The highest BCUT2D eigenvalue weighted by atomic mass is 32.2. The molecule has 0 aliphatic rings. The summed E-state index contributed by atoms with van der Waals surface area (Å²) in [5, 5.41) is 0. The highest BCUT2D eigenvalue weighted by Gasteiger charge is 2.07. The van der Waals surface area contributed by atoms with Gasteiger partial charge < -0.3 is 10.3 Å². The maximum absolute atomic E-state index is 10.9. The second kappa shape index (κ2) is 4.07. The van der Waals surface area contributed by atoms with Crippen molar-refractivity contribution >= 4 is 17.0 Å². The Labute approximate surface area is 95.3 Å². The molecule has 1 atom stereocenters. The number of anilines is 1. The fraction of sp³-hybridized carbons (Fsp3) is 0.100. The summed E-state index contributed by atoms with van der Waals surface area (Å²) in [7, 11) is 0. The SMILES string of the molecule is Cc1c(-c2cncc(N)c2)ccn1S(=O)[O-]. The third-order valence-electron chi connectivity index (χ3n) is 2.33. The lowest BCUT2D eigenvalue weighted by Gasteiger charge is -2.09. The summed E-state index contributed by atoms with van der Waals surface area (Å²) in [5.74, 6) is 0. The first-order valence-corrected chi connectivity index (χ1v) is 5.61. The van der Waals surface area contributed by atoms with Gasteiger partial charge in [0.2, 0.25) is 0 Å². The van der Waals surface area contributed by atoms with Gasteiger partial charge in [0.05, 0.1) is 17.0 Å². The van der Waals surface area contributed by atoms with Gasteiger partial charge in [-0.05, 0) is 19.1 Å². The molecule has 0 saturated heterocycles. The smallest absolute Gasteiger partial charge is 0.0514 e.